The molecule has 0 N–H and O–H groups in total. The lowest BCUT2D eigenvalue weighted by Crippen LogP contribution is -2.37. The van der Waals surface area contributed by atoms with Crippen molar-refractivity contribution in [2.24, 2.45) is 5.92 Å². The molecule has 0 aromatic heterocycles. The third kappa shape index (κ3) is 2.01. The summed E-state index contributed by atoms with van der Waals surface area (Å²) in [6.45, 7) is 4.50. The van der Waals surface area contributed by atoms with Crippen LogP contribution in [0.5, 0.6) is 0 Å². The van der Waals surface area contributed by atoms with E-state index in [1.807, 2.05) is 7.11 Å². The summed E-state index contributed by atoms with van der Waals surface area (Å²) in [5.74, 6) is 0.807. The van der Waals surface area contributed by atoms with Gasteiger partial charge in [0, 0.05) is 7.11 Å². The Morgan fingerprint density at radius 1 is 1.25 bits per heavy atom. The van der Waals surface area contributed by atoms with Gasteiger partial charge in [-0.15, -0.1) is 0 Å². The Kier molecular flexibility index (Phi) is 3.57. The van der Waals surface area contributed by atoms with Gasteiger partial charge in [-0.05, 0) is 32.1 Å². The quantitative estimate of drug-likeness (QED) is 0.631. The maximum absolute atomic E-state index is 5.63. The Bertz CT molecular complexity index is 121. The fourth-order valence-corrected chi connectivity index (χ4v) is 2.31. The molecule has 1 atom stereocenters. The topological polar surface area (TPSA) is 9.23 Å². The van der Waals surface area contributed by atoms with Gasteiger partial charge in [-0.1, -0.05) is 26.2 Å². The molecule has 72 valence electrons. The molecule has 0 spiro atoms. The summed E-state index contributed by atoms with van der Waals surface area (Å²) in [6.07, 6.45) is 8.14. The normalized spacial score (nSPS) is 25.2. The van der Waals surface area contributed by atoms with E-state index in [9.17, 15) is 0 Å². The largest absolute Gasteiger partial charge is 0.378 e. The molecule has 1 nitrogen and oxygen atoms in total. The molecule has 0 aromatic rings. The van der Waals surface area contributed by atoms with Gasteiger partial charge in [0.05, 0.1) is 5.60 Å². The molecule has 1 aliphatic rings. The molecule has 0 bridgehead atoms. The molecule has 1 fully saturated rings. The molecule has 1 saturated carbocycles. The molecule has 0 heterocycles. The highest BCUT2D eigenvalue weighted by atomic mass is 16.5. The Morgan fingerprint density at radius 3 is 2.25 bits per heavy atom. The first-order chi connectivity index (χ1) is 5.73. The van der Waals surface area contributed by atoms with Crippen LogP contribution < -0.4 is 0 Å². The minimum atomic E-state index is 0.153. The highest BCUT2D eigenvalue weighted by Gasteiger charge is 2.32. The summed E-state index contributed by atoms with van der Waals surface area (Å²) < 4.78 is 5.63. The zero-order valence-electron chi connectivity index (χ0n) is 8.73. The van der Waals surface area contributed by atoms with Crippen molar-refractivity contribution in [1.29, 1.82) is 0 Å². The van der Waals surface area contributed by atoms with Gasteiger partial charge in [0.15, 0.2) is 0 Å². The predicted octanol–water partition coefficient (Wildman–Crippen LogP) is 3.38. The van der Waals surface area contributed by atoms with Crippen LogP contribution in [0.2, 0.25) is 0 Å². The van der Waals surface area contributed by atoms with Crippen molar-refractivity contribution in [3.63, 3.8) is 0 Å². The summed E-state index contributed by atoms with van der Waals surface area (Å²) in [5.41, 5.74) is 0.153. The fraction of sp³-hybridized carbons (Fsp3) is 1.00. The second-order valence-corrected chi connectivity index (χ2v) is 4.21. The van der Waals surface area contributed by atoms with E-state index in [4.69, 9.17) is 4.74 Å². The number of hydrogen-bond donors (Lipinski definition) is 0. The van der Waals surface area contributed by atoms with E-state index in [2.05, 4.69) is 13.8 Å². The fourth-order valence-electron chi connectivity index (χ4n) is 2.31. The Hall–Kier alpha value is -0.0400. The highest BCUT2D eigenvalue weighted by Crippen LogP contribution is 2.36. The third-order valence-electron chi connectivity index (χ3n) is 3.64. The summed E-state index contributed by atoms with van der Waals surface area (Å²) in [7, 11) is 1.86. The molecule has 1 rings (SSSR count). The average molecular weight is 170 g/mol. The lowest BCUT2D eigenvalue weighted by Gasteiger charge is -2.38. The molecule has 0 aliphatic heterocycles. The first kappa shape index (κ1) is 10.0. The molecule has 0 saturated heterocycles. The number of ether oxygens (including phenoxy) is 1. The minimum Gasteiger partial charge on any atom is -0.378 e. The second-order valence-electron chi connectivity index (χ2n) is 4.21. The van der Waals surface area contributed by atoms with Crippen LogP contribution in [0, 0.1) is 5.92 Å². The number of hydrogen-bond acceptors (Lipinski definition) is 1. The van der Waals surface area contributed by atoms with E-state index in [-0.39, 0.29) is 5.60 Å². The molecule has 1 heteroatoms. The van der Waals surface area contributed by atoms with Gasteiger partial charge in [-0.3, -0.25) is 0 Å². The number of methoxy groups -OCH3 is 1. The Balaban J connectivity index is 2.51. The molecule has 0 amide bonds. The third-order valence-corrected chi connectivity index (χ3v) is 3.64. The van der Waals surface area contributed by atoms with Crippen LogP contribution in [0.4, 0.5) is 0 Å². The Morgan fingerprint density at radius 2 is 1.83 bits per heavy atom. The summed E-state index contributed by atoms with van der Waals surface area (Å²) >= 11 is 0. The van der Waals surface area contributed by atoms with Crippen molar-refractivity contribution in [2.75, 3.05) is 7.11 Å². The van der Waals surface area contributed by atoms with Gasteiger partial charge in [0.1, 0.15) is 0 Å². The van der Waals surface area contributed by atoms with Crippen LogP contribution in [0.3, 0.4) is 0 Å². The summed E-state index contributed by atoms with van der Waals surface area (Å²) in [5, 5.41) is 0. The van der Waals surface area contributed by atoms with Crippen LogP contribution in [0.15, 0.2) is 0 Å². The van der Waals surface area contributed by atoms with Crippen LogP contribution >= 0.6 is 0 Å². The SMILES string of the molecule is CCC(C)(OC)C1CCCCC1. The second kappa shape index (κ2) is 4.27. The van der Waals surface area contributed by atoms with Crippen molar-refractivity contribution < 1.29 is 4.74 Å². The van der Waals surface area contributed by atoms with E-state index in [0.29, 0.717) is 0 Å². The number of rotatable bonds is 3. The standard InChI is InChI=1S/C11H22O/c1-4-11(2,12-3)10-8-6-5-7-9-10/h10H,4-9H2,1-3H3. The molecular formula is C11H22O. The first-order valence-electron chi connectivity index (χ1n) is 5.28. The van der Waals surface area contributed by atoms with Gasteiger partial charge < -0.3 is 4.74 Å². The lowest BCUT2D eigenvalue weighted by molar-refractivity contribution is -0.0576. The van der Waals surface area contributed by atoms with E-state index in [1.165, 1.54) is 32.1 Å². The van der Waals surface area contributed by atoms with Crippen molar-refractivity contribution in [2.45, 2.75) is 58.0 Å². The lowest BCUT2D eigenvalue weighted by atomic mass is 9.76. The maximum Gasteiger partial charge on any atom is 0.0676 e. The summed E-state index contributed by atoms with van der Waals surface area (Å²) in [4.78, 5) is 0. The minimum absolute atomic E-state index is 0.153. The van der Waals surface area contributed by atoms with Crippen LogP contribution in [0.1, 0.15) is 52.4 Å². The predicted molar refractivity (Wildman–Crippen MR) is 52.3 cm³/mol. The van der Waals surface area contributed by atoms with Crippen LogP contribution in [-0.2, 0) is 4.74 Å². The van der Waals surface area contributed by atoms with Crippen LogP contribution in [-0.4, -0.2) is 12.7 Å². The molecular weight excluding hydrogens is 148 g/mol. The monoisotopic (exact) mass is 170 g/mol. The van der Waals surface area contributed by atoms with E-state index >= 15 is 0 Å². The zero-order valence-corrected chi connectivity index (χ0v) is 8.73. The van der Waals surface area contributed by atoms with Gasteiger partial charge in [0.2, 0.25) is 0 Å². The van der Waals surface area contributed by atoms with Crippen molar-refractivity contribution >= 4 is 0 Å². The first-order valence-corrected chi connectivity index (χ1v) is 5.28. The van der Waals surface area contributed by atoms with E-state index < -0.39 is 0 Å². The van der Waals surface area contributed by atoms with Crippen molar-refractivity contribution in [3.05, 3.63) is 0 Å². The molecule has 0 radical (unpaired) electrons. The van der Waals surface area contributed by atoms with Gasteiger partial charge in [-0.2, -0.15) is 0 Å². The van der Waals surface area contributed by atoms with Crippen molar-refractivity contribution in [3.8, 4) is 0 Å². The zero-order chi connectivity index (χ0) is 9.03. The van der Waals surface area contributed by atoms with E-state index in [0.717, 1.165) is 12.3 Å². The van der Waals surface area contributed by atoms with Gasteiger partial charge in [-0.25, -0.2) is 0 Å². The highest BCUT2D eigenvalue weighted by molar-refractivity contribution is 4.84. The maximum atomic E-state index is 5.63. The van der Waals surface area contributed by atoms with Crippen molar-refractivity contribution in [1.82, 2.24) is 0 Å². The molecule has 0 aromatic carbocycles. The van der Waals surface area contributed by atoms with Gasteiger partial charge in [0.25, 0.3) is 0 Å². The summed E-state index contributed by atoms with van der Waals surface area (Å²) in [6, 6.07) is 0. The molecule has 12 heavy (non-hydrogen) atoms. The van der Waals surface area contributed by atoms with E-state index in [1.54, 1.807) is 0 Å². The molecule has 1 aliphatic carbocycles. The van der Waals surface area contributed by atoms with Crippen LogP contribution in [0.25, 0.3) is 0 Å². The smallest absolute Gasteiger partial charge is 0.0676 e. The molecule has 1 unspecified atom stereocenters. The van der Waals surface area contributed by atoms with Gasteiger partial charge >= 0.3 is 0 Å². The average Bonchev–Trinajstić information content (AvgIpc) is 2.18. The Labute approximate surface area is 76.5 Å².